The van der Waals surface area contributed by atoms with Crippen LogP contribution in [-0.4, -0.2) is 17.8 Å². The summed E-state index contributed by atoms with van der Waals surface area (Å²) in [6.07, 6.45) is -0.565. The molecule has 24 heavy (non-hydrogen) atoms. The van der Waals surface area contributed by atoms with Crippen LogP contribution in [0, 0.1) is 0 Å². The summed E-state index contributed by atoms with van der Waals surface area (Å²) in [5, 5.41) is 2.98. The molecule has 0 saturated carbocycles. The second kappa shape index (κ2) is 8.78. The lowest BCUT2D eigenvalue weighted by molar-refractivity contribution is -0.122. The largest absolute Gasteiger partial charge is 0.481 e. The topological polar surface area (TPSA) is 38.3 Å². The predicted molar refractivity (Wildman–Crippen MR) is 102 cm³/mol. The third kappa shape index (κ3) is 4.78. The van der Waals surface area contributed by atoms with Crippen molar-refractivity contribution in [1.29, 1.82) is 0 Å². The maximum atomic E-state index is 12.5. The number of para-hydroxylation sites is 2. The fourth-order valence-electron chi connectivity index (χ4n) is 2.39. The summed E-state index contributed by atoms with van der Waals surface area (Å²) >= 11 is 1.71. The Morgan fingerprint density at radius 2 is 1.75 bits per heavy atom. The molecule has 2 rings (SSSR count). The Labute approximate surface area is 148 Å². The lowest BCUT2D eigenvalue weighted by Crippen LogP contribution is -2.30. The quantitative estimate of drug-likeness (QED) is 0.691. The number of amides is 1. The number of thioether (sulfide) groups is 1. The second-order valence-electron chi connectivity index (χ2n) is 5.87. The van der Waals surface area contributed by atoms with Crippen LogP contribution in [0.15, 0.2) is 53.4 Å². The van der Waals surface area contributed by atoms with Gasteiger partial charge in [-0.05, 0) is 42.4 Å². The molecule has 0 aliphatic heterocycles. The smallest absolute Gasteiger partial charge is 0.265 e. The van der Waals surface area contributed by atoms with Crippen molar-refractivity contribution in [2.75, 3.05) is 11.1 Å². The zero-order valence-electron chi connectivity index (χ0n) is 14.7. The number of hydrogen-bond donors (Lipinski definition) is 1. The van der Waals surface area contributed by atoms with E-state index in [9.17, 15) is 4.79 Å². The number of ether oxygens (including phenoxy) is 1. The molecule has 0 fully saturated rings. The van der Waals surface area contributed by atoms with Gasteiger partial charge in [-0.3, -0.25) is 4.79 Å². The molecule has 0 radical (unpaired) electrons. The standard InChI is InChI=1S/C20H25NO2S/c1-5-24-19-13-9-7-11-17(19)21-20(22)15(4)23-18-12-8-6-10-16(18)14(2)3/h6-15H,5H2,1-4H3,(H,21,22). The predicted octanol–water partition coefficient (Wildman–Crippen LogP) is 5.33. The maximum absolute atomic E-state index is 12.5. The van der Waals surface area contributed by atoms with Crippen LogP contribution in [0.25, 0.3) is 0 Å². The Kier molecular flexibility index (Phi) is 6.73. The SMILES string of the molecule is CCSc1ccccc1NC(=O)C(C)Oc1ccccc1C(C)C. The van der Waals surface area contributed by atoms with Crippen molar-refractivity contribution in [2.45, 2.75) is 44.6 Å². The summed E-state index contributed by atoms with van der Waals surface area (Å²) in [5.74, 6) is 1.93. The molecule has 0 heterocycles. The monoisotopic (exact) mass is 343 g/mol. The molecule has 0 aliphatic carbocycles. The summed E-state index contributed by atoms with van der Waals surface area (Å²) in [4.78, 5) is 13.6. The molecule has 2 aromatic carbocycles. The van der Waals surface area contributed by atoms with Crippen molar-refractivity contribution in [1.82, 2.24) is 0 Å². The maximum Gasteiger partial charge on any atom is 0.265 e. The Morgan fingerprint density at radius 3 is 2.46 bits per heavy atom. The molecular formula is C20H25NO2S. The highest BCUT2D eigenvalue weighted by atomic mass is 32.2. The van der Waals surface area contributed by atoms with Crippen LogP contribution in [0.1, 0.15) is 39.2 Å². The third-order valence-corrected chi connectivity index (χ3v) is 4.61. The Hall–Kier alpha value is -1.94. The molecule has 0 bridgehead atoms. The van der Waals surface area contributed by atoms with E-state index in [1.807, 2.05) is 48.5 Å². The zero-order valence-corrected chi connectivity index (χ0v) is 15.5. The van der Waals surface area contributed by atoms with E-state index < -0.39 is 6.10 Å². The highest BCUT2D eigenvalue weighted by molar-refractivity contribution is 7.99. The molecule has 1 N–H and O–H groups in total. The fourth-order valence-corrected chi connectivity index (χ4v) is 3.15. The van der Waals surface area contributed by atoms with Crippen LogP contribution in [0.3, 0.4) is 0 Å². The van der Waals surface area contributed by atoms with Gasteiger partial charge in [-0.15, -0.1) is 11.8 Å². The first-order valence-electron chi connectivity index (χ1n) is 8.31. The highest BCUT2D eigenvalue weighted by Crippen LogP contribution is 2.28. The molecule has 3 nitrogen and oxygen atoms in total. The number of anilines is 1. The van der Waals surface area contributed by atoms with E-state index in [2.05, 4.69) is 26.1 Å². The first-order chi connectivity index (χ1) is 11.5. The van der Waals surface area contributed by atoms with Gasteiger partial charge >= 0.3 is 0 Å². The van der Waals surface area contributed by atoms with Crippen molar-refractivity contribution in [2.24, 2.45) is 0 Å². The van der Waals surface area contributed by atoms with Gasteiger partial charge in [0.15, 0.2) is 6.10 Å². The summed E-state index contributed by atoms with van der Waals surface area (Å²) in [5.41, 5.74) is 1.95. The molecule has 0 aliphatic rings. The average Bonchev–Trinajstić information content (AvgIpc) is 2.57. The summed E-state index contributed by atoms with van der Waals surface area (Å²) < 4.78 is 5.92. The van der Waals surface area contributed by atoms with E-state index in [0.29, 0.717) is 5.92 Å². The minimum absolute atomic E-state index is 0.141. The summed E-state index contributed by atoms with van der Waals surface area (Å²) in [7, 11) is 0. The van der Waals surface area contributed by atoms with Crippen molar-refractivity contribution in [3.05, 3.63) is 54.1 Å². The third-order valence-electron chi connectivity index (χ3n) is 3.66. The van der Waals surface area contributed by atoms with Crippen LogP contribution in [-0.2, 0) is 4.79 Å². The highest BCUT2D eigenvalue weighted by Gasteiger charge is 2.18. The number of nitrogens with one attached hydrogen (secondary N) is 1. The van der Waals surface area contributed by atoms with Crippen molar-refractivity contribution in [3.8, 4) is 5.75 Å². The molecule has 128 valence electrons. The van der Waals surface area contributed by atoms with Gasteiger partial charge in [0.05, 0.1) is 5.69 Å². The fraction of sp³-hybridized carbons (Fsp3) is 0.350. The van der Waals surface area contributed by atoms with Gasteiger partial charge in [0.1, 0.15) is 5.75 Å². The summed E-state index contributed by atoms with van der Waals surface area (Å²) in [6, 6.07) is 15.7. The zero-order chi connectivity index (χ0) is 17.5. The molecule has 1 unspecified atom stereocenters. The number of carbonyl (C=O) groups excluding carboxylic acids is 1. The van der Waals surface area contributed by atoms with Gasteiger partial charge in [-0.25, -0.2) is 0 Å². The van der Waals surface area contributed by atoms with Gasteiger partial charge in [0, 0.05) is 4.90 Å². The average molecular weight is 343 g/mol. The van der Waals surface area contributed by atoms with E-state index in [-0.39, 0.29) is 5.91 Å². The van der Waals surface area contributed by atoms with Crippen LogP contribution in [0.5, 0.6) is 5.75 Å². The molecule has 1 atom stereocenters. The van der Waals surface area contributed by atoms with E-state index in [1.165, 1.54) is 0 Å². The molecule has 1 amide bonds. The van der Waals surface area contributed by atoms with E-state index in [1.54, 1.807) is 18.7 Å². The lowest BCUT2D eigenvalue weighted by atomic mass is 10.0. The number of benzene rings is 2. The number of carbonyl (C=O) groups is 1. The van der Waals surface area contributed by atoms with Gasteiger partial charge in [-0.2, -0.15) is 0 Å². The minimum Gasteiger partial charge on any atom is -0.481 e. The first kappa shape index (κ1) is 18.4. The minimum atomic E-state index is -0.565. The van der Waals surface area contributed by atoms with Gasteiger partial charge in [-0.1, -0.05) is 51.1 Å². The van der Waals surface area contributed by atoms with Crippen LogP contribution < -0.4 is 10.1 Å². The van der Waals surface area contributed by atoms with Gasteiger partial charge in [0.25, 0.3) is 5.91 Å². The van der Waals surface area contributed by atoms with Gasteiger partial charge < -0.3 is 10.1 Å². The van der Waals surface area contributed by atoms with Crippen LogP contribution in [0.4, 0.5) is 5.69 Å². The Morgan fingerprint density at radius 1 is 1.08 bits per heavy atom. The molecule has 0 saturated heterocycles. The molecular weight excluding hydrogens is 318 g/mol. The summed E-state index contributed by atoms with van der Waals surface area (Å²) in [6.45, 7) is 8.11. The Bertz CT molecular complexity index is 685. The molecule has 2 aromatic rings. The van der Waals surface area contributed by atoms with Crippen LogP contribution in [0.2, 0.25) is 0 Å². The van der Waals surface area contributed by atoms with Crippen molar-refractivity contribution in [3.63, 3.8) is 0 Å². The van der Waals surface area contributed by atoms with Crippen molar-refractivity contribution >= 4 is 23.4 Å². The Balaban J connectivity index is 2.08. The van der Waals surface area contributed by atoms with Crippen LogP contribution >= 0.6 is 11.8 Å². The van der Waals surface area contributed by atoms with E-state index >= 15 is 0 Å². The molecule has 4 heteroatoms. The first-order valence-corrected chi connectivity index (χ1v) is 9.29. The molecule has 0 spiro atoms. The number of rotatable bonds is 7. The van der Waals surface area contributed by atoms with E-state index in [0.717, 1.165) is 27.6 Å². The van der Waals surface area contributed by atoms with Gasteiger partial charge in [0.2, 0.25) is 0 Å². The molecule has 0 aromatic heterocycles. The number of hydrogen-bond acceptors (Lipinski definition) is 3. The second-order valence-corrected chi connectivity index (χ2v) is 7.18. The van der Waals surface area contributed by atoms with E-state index in [4.69, 9.17) is 4.74 Å². The normalized spacial score (nSPS) is 12.0. The lowest BCUT2D eigenvalue weighted by Gasteiger charge is -2.19. The van der Waals surface area contributed by atoms with Crippen molar-refractivity contribution < 1.29 is 9.53 Å².